The summed E-state index contributed by atoms with van der Waals surface area (Å²) in [6.45, 7) is 4.04. The number of carbonyl (C=O) groups excluding carboxylic acids is 1. The Morgan fingerprint density at radius 2 is 0.676 bits per heavy atom. The van der Waals surface area contributed by atoms with E-state index in [0.717, 1.165) is 38.5 Å². The van der Waals surface area contributed by atoms with Crippen LogP contribution < -0.4 is 0 Å². The number of hydrogen-bond donors (Lipinski definition) is 11. The van der Waals surface area contributed by atoms with Gasteiger partial charge in [0.15, 0.2) is 11.2 Å². The number of carboxylic acids is 7. The van der Waals surface area contributed by atoms with Gasteiger partial charge in [-0.05, 0) is 38.5 Å². The number of hydrogen-bond acceptors (Lipinski definition) is 13. The third-order valence-electron chi connectivity index (χ3n) is 10.9. The van der Waals surface area contributed by atoms with Crippen LogP contribution in [-0.4, -0.2) is 134 Å². The number of aliphatic hydroxyl groups excluding tert-OH is 2. The van der Waals surface area contributed by atoms with Crippen LogP contribution >= 0.6 is 0 Å². The van der Waals surface area contributed by atoms with Crippen molar-refractivity contribution in [3.05, 3.63) is 12.2 Å². The quantitative estimate of drug-likeness (QED) is 0.0154. The van der Waals surface area contributed by atoms with Gasteiger partial charge in [-0.2, -0.15) is 0 Å². The molecule has 0 aromatic carbocycles. The minimum Gasteiger partial charge on any atom is -0.481 e. The smallest absolute Gasteiger partial charge is 0.336 e. The second-order valence-electron chi connectivity index (χ2n) is 17.9. The Labute approximate surface area is 420 Å². The van der Waals surface area contributed by atoms with Crippen molar-refractivity contribution in [1.29, 1.82) is 0 Å². The summed E-state index contributed by atoms with van der Waals surface area (Å²) in [4.78, 5) is 82.7. The normalized spacial score (nSPS) is 11.5. The summed E-state index contributed by atoms with van der Waals surface area (Å²) < 4.78 is 4.86. The van der Waals surface area contributed by atoms with Gasteiger partial charge in [-0.15, -0.1) is 0 Å². The van der Waals surface area contributed by atoms with Crippen LogP contribution in [0.5, 0.6) is 0 Å². The van der Waals surface area contributed by atoms with E-state index in [1.165, 1.54) is 141 Å². The van der Waals surface area contributed by atoms with Crippen molar-refractivity contribution < 1.29 is 99.3 Å². The molecule has 1 atom stereocenters. The molecular weight excluding hydrogens is 933 g/mol. The Morgan fingerprint density at radius 1 is 0.408 bits per heavy atom. The Morgan fingerprint density at radius 3 is 0.930 bits per heavy atom. The SMILES string of the molecule is CCCCCCCC/C=C\CCCCCCCC(=O)OCC(O)CO.CCCCCCCCCCCCCCCCCC(=O)O.O=C(O)CC(O)(CC(=O)O)C(=O)O.O=C(O)CC(O)(CC(=O)O)C(=O)O. The molecule has 20 heteroatoms. The lowest BCUT2D eigenvalue weighted by atomic mass is 9.96. The Bertz CT molecular complexity index is 1350. The van der Waals surface area contributed by atoms with Gasteiger partial charge in [-0.1, -0.05) is 167 Å². The van der Waals surface area contributed by atoms with Crippen molar-refractivity contribution in [2.45, 2.75) is 249 Å². The molecule has 0 aromatic rings. The summed E-state index contributed by atoms with van der Waals surface area (Å²) in [5.41, 5.74) is -5.48. The van der Waals surface area contributed by atoms with Crippen LogP contribution in [0.1, 0.15) is 232 Å². The third-order valence-corrected chi connectivity index (χ3v) is 10.9. The van der Waals surface area contributed by atoms with Gasteiger partial charge < -0.3 is 60.9 Å². The van der Waals surface area contributed by atoms with Crippen molar-refractivity contribution in [1.82, 2.24) is 0 Å². The summed E-state index contributed by atoms with van der Waals surface area (Å²) in [7, 11) is 0. The number of carboxylic acid groups (broad SMARTS) is 7. The topological polar surface area (TPSA) is 368 Å². The first kappa shape index (κ1) is 72.9. The van der Waals surface area contributed by atoms with Crippen LogP contribution in [0, 0.1) is 0 Å². The lowest BCUT2D eigenvalue weighted by Crippen LogP contribution is -2.42. The van der Waals surface area contributed by atoms with Gasteiger partial charge in [-0.3, -0.25) is 28.8 Å². The molecule has 20 nitrogen and oxygen atoms in total. The maximum atomic E-state index is 11.4. The van der Waals surface area contributed by atoms with E-state index in [4.69, 9.17) is 60.9 Å². The summed E-state index contributed by atoms with van der Waals surface area (Å²) in [6, 6.07) is 0. The van der Waals surface area contributed by atoms with Crippen LogP contribution in [0.15, 0.2) is 12.2 Å². The second kappa shape index (κ2) is 50.3. The summed E-state index contributed by atoms with van der Waals surface area (Å²) in [6.07, 6.45) is 35.7. The molecule has 0 spiro atoms. The molecule has 416 valence electrons. The van der Waals surface area contributed by atoms with Crippen molar-refractivity contribution in [3.8, 4) is 0 Å². The number of rotatable bonds is 44. The van der Waals surface area contributed by atoms with E-state index >= 15 is 0 Å². The Balaban J connectivity index is -0.000000438. The summed E-state index contributed by atoms with van der Waals surface area (Å²) in [5.74, 6) is -11.0. The average molecular weight is 1030 g/mol. The van der Waals surface area contributed by atoms with Gasteiger partial charge in [0.05, 0.1) is 32.3 Å². The Hall–Kier alpha value is -4.66. The van der Waals surface area contributed by atoms with E-state index < -0.39 is 84.8 Å². The number of carbonyl (C=O) groups is 8. The molecule has 1 unspecified atom stereocenters. The molecular formula is C51H92O20. The molecule has 0 aliphatic heterocycles. The minimum atomic E-state index is -2.74. The van der Waals surface area contributed by atoms with E-state index in [2.05, 4.69) is 26.0 Å². The third kappa shape index (κ3) is 56.1. The molecule has 0 amide bonds. The highest BCUT2D eigenvalue weighted by Gasteiger charge is 2.41. The number of ether oxygens (including phenoxy) is 1. The van der Waals surface area contributed by atoms with E-state index in [9.17, 15) is 38.4 Å². The monoisotopic (exact) mass is 1020 g/mol. The molecule has 0 heterocycles. The zero-order chi connectivity index (χ0) is 54.8. The molecule has 71 heavy (non-hydrogen) atoms. The predicted molar refractivity (Wildman–Crippen MR) is 265 cm³/mol. The van der Waals surface area contributed by atoms with Crippen molar-refractivity contribution in [2.24, 2.45) is 0 Å². The highest BCUT2D eigenvalue weighted by Crippen LogP contribution is 2.18. The van der Waals surface area contributed by atoms with E-state index in [0.29, 0.717) is 12.8 Å². The highest BCUT2D eigenvalue weighted by atomic mass is 16.5. The number of aliphatic hydroxyl groups is 4. The molecule has 0 radical (unpaired) electrons. The van der Waals surface area contributed by atoms with E-state index in [1.54, 1.807) is 0 Å². The molecule has 0 aromatic heterocycles. The van der Waals surface area contributed by atoms with E-state index in [-0.39, 0.29) is 19.2 Å². The fourth-order valence-corrected chi connectivity index (χ4v) is 6.73. The molecule has 0 fully saturated rings. The largest absolute Gasteiger partial charge is 0.481 e. The van der Waals surface area contributed by atoms with Gasteiger partial charge >= 0.3 is 47.8 Å². The first-order chi connectivity index (χ1) is 33.5. The molecule has 0 rings (SSSR count). The predicted octanol–water partition coefficient (Wildman–Crippen LogP) is 8.76. The lowest BCUT2D eigenvalue weighted by Gasteiger charge is -2.18. The van der Waals surface area contributed by atoms with Gasteiger partial charge in [-0.25, -0.2) is 9.59 Å². The number of unbranched alkanes of at least 4 members (excludes halogenated alkanes) is 25. The summed E-state index contributed by atoms with van der Waals surface area (Å²) >= 11 is 0. The lowest BCUT2D eigenvalue weighted by molar-refractivity contribution is -0.170. The molecule has 0 bridgehead atoms. The second-order valence-corrected chi connectivity index (χ2v) is 17.9. The van der Waals surface area contributed by atoms with Crippen LogP contribution in [0.25, 0.3) is 0 Å². The standard InChI is InChI=1S/C21H40O4.C18H36O2.2C6H8O7/c1-2-3-4-5-6-7-8-9-10-11-12-13-14-15-16-17-21(24)25-19-20(23)18-22;1-2-3-4-5-6-7-8-9-10-11-12-13-14-15-16-17-18(19)20;2*7-3(8)1-6(13,5(11)12)2-4(9)10/h9-10,20,22-23H,2-8,11-19H2,1H3;2-17H2,1H3,(H,19,20);2*13H,1-2H2,(H,7,8)(H,9,10)(H,11,12)/b10-9-;;;. The molecule has 0 aliphatic carbocycles. The van der Waals surface area contributed by atoms with Crippen LogP contribution in [0.2, 0.25) is 0 Å². The zero-order valence-electron chi connectivity index (χ0n) is 42.8. The van der Waals surface area contributed by atoms with E-state index in [1.807, 2.05) is 0 Å². The number of allylic oxidation sites excluding steroid dienone is 2. The first-order valence-electron chi connectivity index (χ1n) is 25.6. The maximum Gasteiger partial charge on any atom is 0.336 e. The molecule has 11 N–H and O–H groups in total. The van der Waals surface area contributed by atoms with Crippen molar-refractivity contribution >= 4 is 47.8 Å². The van der Waals surface area contributed by atoms with Crippen LogP contribution in [0.4, 0.5) is 0 Å². The first-order valence-corrected chi connectivity index (χ1v) is 25.6. The maximum absolute atomic E-state index is 11.4. The van der Waals surface area contributed by atoms with Crippen molar-refractivity contribution in [2.75, 3.05) is 13.2 Å². The minimum absolute atomic E-state index is 0.111. The van der Waals surface area contributed by atoms with Crippen LogP contribution in [-0.2, 0) is 43.1 Å². The average Bonchev–Trinajstić information content (AvgIpc) is 3.27. The van der Waals surface area contributed by atoms with Gasteiger partial charge in [0.2, 0.25) is 0 Å². The highest BCUT2D eigenvalue weighted by molar-refractivity contribution is 5.88. The molecule has 0 saturated heterocycles. The zero-order valence-corrected chi connectivity index (χ0v) is 42.8. The van der Waals surface area contributed by atoms with Gasteiger partial charge in [0, 0.05) is 12.8 Å². The fraction of sp³-hybridized carbons (Fsp3) is 0.804. The molecule has 0 aliphatic rings. The Kier molecular flexibility index (Phi) is 51.6. The van der Waals surface area contributed by atoms with Gasteiger partial charge in [0.1, 0.15) is 12.7 Å². The fourth-order valence-electron chi connectivity index (χ4n) is 6.73. The number of esters is 1. The summed E-state index contributed by atoms with van der Waals surface area (Å²) in [5, 5.41) is 93.8. The van der Waals surface area contributed by atoms with Gasteiger partial charge in [0.25, 0.3) is 0 Å². The van der Waals surface area contributed by atoms with Crippen molar-refractivity contribution in [3.63, 3.8) is 0 Å². The molecule has 0 saturated carbocycles. The number of aliphatic carboxylic acids is 7. The van der Waals surface area contributed by atoms with Crippen LogP contribution in [0.3, 0.4) is 0 Å².